The second-order valence-electron chi connectivity index (χ2n) is 6.20. The molecule has 3 aromatic carbocycles. The summed E-state index contributed by atoms with van der Waals surface area (Å²) < 4.78 is 5.26. The number of non-ortho nitro benzene ring substituents is 1. The Morgan fingerprint density at radius 3 is 2.63 bits per heavy atom. The van der Waals surface area contributed by atoms with Crippen LogP contribution in [0.15, 0.2) is 71.7 Å². The molecule has 0 spiro atoms. The minimum absolute atomic E-state index is 0.0111. The first-order valence-corrected chi connectivity index (χ1v) is 9.12. The number of hydrogen-bond donors (Lipinski definition) is 2. The predicted octanol–water partition coefficient (Wildman–Crippen LogP) is 4.70. The molecule has 8 nitrogen and oxygen atoms in total. The zero-order chi connectivity index (χ0) is 21.5. The number of rotatable bonds is 7. The smallest absolute Gasteiger partial charge is 0.274 e. The Labute approximate surface area is 172 Å². The minimum atomic E-state index is -0.570. The van der Waals surface area contributed by atoms with E-state index in [0.29, 0.717) is 16.9 Å². The van der Waals surface area contributed by atoms with Crippen LogP contribution >= 0.6 is 0 Å². The Hall–Kier alpha value is -4.20. The fraction of sp³-hybridized carbons (Fsp3) is 0.0909. The summed E-state index contributed by atoms with van der Waals surface area (Å²) in [5.41, 5.74) is 1.48. The number of aromatic hydroxyl groups is 1. The zero-order valence-corrected chi connectivity index (χ0v) is 16.1. The average Bonchev–Trinajstić information content (AvgIpc) is 2.75. The number of nitrogens with one attached hydrogen (secondary N) is 1. The van der Waals surface area contributed by atoms with Crippen LogP contribution in [0.3, 0.4) is 0 Å². The van der Waals surface area contributed by atoms with Crippen LogP contribution in [-0.2, 0) is 0 Å². The Kier molecular flexibility index (Phi) is 6.39. The fourth-order valence-electron chi connectivity index (χ4n) is 2.68. The highest BCUT2D eigenvalue weighted by Gasteiger charge is 2.16. The van der Waals surface area contributed by atoms with Crippen molar-refractivity contribution in [3.8, 4) is 11.5 Å². The van der Waals surface area contributed by atoms with Gasteiger partial charge in [0, 0.05) is 29.1 Å². The van der Waals surface area contributed by atoms with E-state index in [9.17, 15) is 20.0 Å². The summed E-state index contributed by atoms with van der Waals surface area (Å²) in [5.74, 6) is -0.480. The second kappa shape index (κ2) is 9.33. The van der Waals surface area contributed by atoms with Crippen LogP contribution in [0.1, 0.15) is 22.8 Å². The fourth-order valence-corrected chi connectivity index (χ4v) is 2.68. The standard InChI is InChI=1S/C22H19N3O5/c1-2-30-20-13-19(25(28)29)11-16(21(20)26)14-23-17-9-6-10-18(12-17)24-22(27)15-7-4-3-5-8-15/h3-14,26H,2H2,1H3,(H,24,27). The number of amides is 1. The van der Waals surface area contributed by atoms with Crippen LogP contribution in [0.25, 0.3) is 0 Å². The Bertz CT molecular complexity index is 1100. The maximum absolute atomic E-state index is 12.3. The molecule has 0 saturated heterocycles. The van der Waals surface area contributed by atoms with Gasteiger partial charge in [-0.1, -0.05) is 24.3 Å². The SMILES string of the molecule is CCOc1cc([N+](=O)[O-])cc(C=Nc2cccc(NC(=O)c3ccccc3)c2)c1O. The monoisotopic (exact) mass is 405 g/mol. The van der Waals surface area contributed by atoms with Gasteiger partial charge in [0.2, 0.25) is 0 Å². The molecule has 0 saturated carbocycles. The van der Waals surface area contributed by atoms with Gasteiger partial charge in [-0.2, -0.15) is 0 Å². The molecule has 0 unspecified atom stereocenters. The highest BCUT2D eigenvalue weighted by molar-refractivity contribution is 6.04. The summed E-state index contributed by atoms with van der Waals surface area (Å²) >= 11 is 0. The molecule has 0 fully saturated rings. The Balaban J connectivity index is 1.84. The molecule has 0 radical (unpaired) electrons. The third kappa shape index (κ3) is 4.99. The van der Waals surface area contributed by atoms with Crippen LogP contribution in [0.5, 0.6) is 11.5 Å². The molecular formula is C22H19N3O5. The first kappa shape index (κ1) is 20.5. The van der Waals surface area contributed by atoms with Crippen molar-refractivity contribution in [1.82, 2.24) is 0 Å². The molecule has 0 heterocycles. The number of ether oxygens (including phenoxy) is 1. The number of nitro groups is 1. The first-order valence-electron chi connectivity index (χ1n) is 9.12. The van der Waals surface area contributed by atoms with Gasteiger partial charge in [-0.15, -0.1) is 0 Å². The Morgan fingerprint density at radius 2 is 1.93 bits per heavy atom. The molecule has 152 valence electrons. The highest BCUT2D eigenvalue weighted by atomic mass is 16.6. The van der Waals surface area contributed by atoms with Gasteiger partial charge in [-0.3, -0.25) is 19.9 Å². The van der Waals surface area contributed by atoms with Crippen molar-refractivity contribution in [2.45, 2.75) is 6.92 Å². The number of carbonyl (C=O) groups excluding carboxylic acids is 1. The number of nitrogens with zero attached hydrogens (tertiary/aromatic N) is 2. The van der Waals surface area contributed by atoms with E-state index >= 15 is 0 Å². The summed E-state index contributed by atoms with van der Waals surface area (Å²) in [7, 11) is 0. The van der Waals surface area contributed by atoms with Crippen molar-refractivity contribution in [3.63, 3.8) is 0 Å². The molecule has 3 rings (SSSR count). The van der Waals surface area contributed by atoms with Crippen LogP contribution in [0.2, 0.25) is 0 Å². The molecule has 0 aromatic heterocycles. The van der Waals surface area contributed by atoms with E-state index in [4.69, 9.17) is 4.74 Å². The molecule has 1 amide bonds. The number of benzene rings is 3. The molecule has 0 atom stereocenters. The largest absolute Gasteiger partial charge is 0.504 e. The van der Waals surface area contributed by atoms with Gasteiger partial charge in [0.15, 0.2) is 11.5 Å². The van der Waals surface area contributed by atoms with Crippen molar-refractivity contribution >= 4 is 29.2 Å². The zero-order valence-electron chi connectivity index (χ0n) is 16.1. The van der Waals surface area contributed by atoms with Crippen molar-refractivity contribution in [1.29, 1.82) is 0 Å². The predicted molar refractivity (Wildman–Crippen MR) is 114 cm³/mol. The van der Waals surface area contributed by atoms with Crippen LogP contribution in [0.4, 0.5) is 17.1 Å². The number of hydrogen-bond acceptors (Lipinski definition) is 6. The summed E-state index contributed by atoms with van der Waals surface area (Å²) in [5, 5.41) is 24.2. The van der Waals surface area contributed by atoms with E-state index in [2.05, 4.69) is 10.3 Å². The summed E-state index contributed by atoms with van der Waals surface area (Å²) in [6.45, 7) is 1.95. The maximum atomic E-state index is 12.3. The van der Waals surface area contributed by atoms with E-state index < -0.39 is 4.92 Å². The summed E-state index contributed by atoms with van der Waals surface area (Å²) in [6, 6.07) is 17.9. The van der Waals surface area contributed by atoms with Crippen LogP contribution in [-0.4, -0.2) is 28.8 Å². The van der Waals surface area contributed by atoms with E-state index in [1.165, 1.54) is 12.3 Å². The summed E-state index contributed by atoms with van der Waals surface area (Å²) in [6.07, 6.45) is 1.31. The van der Waals surface area contributed by atoms with Gasteiger partial charge in [-0.05, 0) is 37.3 Å². The van der Waals surface area contributed by atoms with Gasteiger partial charge in [-0.25, -0.2) is 0 Å². The lowest BCUT2D eigenvalue weighted by atomic mass is 10.1. The molecule has 8 heteroatoms. The van der Waals surface area contributed by atoms with Gasteiger partial charge in [0.1, 0.15) is 0 Å². The number of anilines is 1. The summed E-state index contributed by atoms with van der Waals surface area (Å²) in [4.78, 5) is 27.1. The van der Waals surface area contributed by atoms with Crippen LogP contribution in [0, 0.1) is 10.1 Å². The molecule has 3 aromatic rings. The second-order valence-corrected chi connectivity index (χ2v) is 6.20. The Morgan fingerprint density at radius 1 is 1.17 bits per heavy atom. The molecule has 0 aliphatic heterocycles. The van der Waals surface area contributed by atoms with E-state index in [-0.39, 0.29) is 35.3 Å². The van der Waals surface area contributed by atoms with E-state index in [0.717, 1.165) is 6.07 Å². The molecule has 0 aliphatic rings. The van der Waals surface area contributed by atoms with Crippen molar-refractivity contribution in [2.75, 3.05) is 11.9 Å². The van der Waals surface area contributed by atoms with Gasteiger partial charge < -0.3 is 15.2 Å². The lowest BCUT2D eigenvalue weighted by molar-refractivity contribution is -0.385. The topological polar surface area (TPSA) is 114 Å². The minimum Gasteiger partial charge on any atom is -0.504 e. The third-order valence-electron chi connectivity index (χ3n) is 4.09. The van der Waals surface area contributed by atoms with Crippen LogP contribution < -0.4 is 10.1 Å². The lowest BCUT2D eigenvalue weighted by Gasteiger charge is -2.08. The maximum Gasteiger partial charge on any atom is 0.274 e. The number of aliphatic imine (C=N–C) groups is 1. The number of phenolic OH excluding ortho intramolecular Hbond substituents is 1. The molecule has 2 N–H and O–H groups in total. The molecule has 30 heavy (non-hydrogen) atoms. The first-order chi connectivity index (χ1) is 14.5. The number of carbonyl (C=O) groups is 1. The van der Waals surface area contributed by atoms with Crippen molar-refractivity contribution in [2.24, 2.45) is 4.99 Å². The number of phenols is 1. The molecule has 0 bridgehead atoms. The van der Waals surface area contributed by atoms with Gasteiger partial charge in [0.25, 0.3) is 11.6 Å². The quantitative estimate of drug-likeness (QED) is 0.336. The number of nitro benzene ring substituents is 1. The molecular weight excluding hydrogens is 386 g/mol. The van der Waals surface area contributed by atoms with Gasteiger partial charge >= 0.3 is 0 Å². The third-order valence-corrected chi connectivity index (χ3v) is 4.09. The molecule has 0 aliphatic carbocycles. The van der Waals surface area contributed by atoms with Gasteiger partial charge in [0.05, 0.1) is 23.3 Å². The van der Waals surface area contributed by atoms with E-state index in [1.54, 1.807) is 55.5 Å². The van der Waals surface area contributed by atoms with Crippen molar-refractivity contribution < 1.29 is 19.6 Å². The van der Waals surface area contributed by atoms with Crippen molar-refractivity contribution in [3.05, 3.63) is 88.0 Å². The highest BCUT2D eigenvalue weighted by Crippen LogP contribution is 2.34. The normalized spacial score (nSPS) is 10.7. The lowest BCUT2D eigenvalue weighted by Crippen LogP contribution is -2.11. The van der Waals surface area contributed by atoms with E-state index in [1.807, 2.05) is 6.07 Å². The average molecular weight is 405 g/mol.